The molecule has 4 aromatic carbocycles. The third kappa shape index (κ3) is 4.33. The molecule has 0 aliphatic carbocycles. The topological polar surface area (TPSA) is 55.4 Å². The summed E-state index contributed by atoms with van der Waals surface area (Å²) >= 11 is 0. The van der Waals surface area contributed by atoms with Gasteiger partial charge in [0.1, 0.15) is 0 Å². The lowest BCUT2D eigenvalue weighted by molar-refractivity contribution is -0.115. The Morgan fingerprint density at radius 3 is 2.28 bits per heavy atom. The molecule has 1 N–H and O–H groups in total. The molecule has 0 aliphatic heterocycles. The number of para-hydroxylation sites is 2. The third-order valence-electron chi connectivity index (χ3n) is 4.58. The van der Waals surface area contributed by atoms with Crippen molar-refractivity contribution in [3.63, 3.8) is 0 Å². The summed E-state index contributed by atoms with van der Waals surface area (Å²) in [6.07, 6.45) is 0.243. The molecule has 4 heteroatoms. The first-order chi connectivity index (χ1) is 14.2. The number of nitrogens with one attached hydrogen (secondary N) is 1. The summed E-state index contributed by atoms with van der Waals surface area (Å²) in [4.78, 5) is 25.2. The van der Waals surface area contributed by atoms with Crippen LogP contribution in [0.25, 0.3) is 10.8 Å². The van der Waals surface area contributed by atoms with E-state index in [1.54, 1.807) is 30.3 Å². The molecule has 0 aromatic heterocycles. The average Bonchev–Trinajstić information content (AvgIpc) is 2.75. The van der Waals surface area contributed by atoms with Gasteiger partial charge in [-0.3, -0.25) is 4.79 Å². The third-order valence-corrected chi connectivity index (χ3v) is 4.58. The van der Waals surface area contributed by atoms with Gasteiger partial charge < -0.3 is 10.1 Å². The number of ether oxygens (including phenoxy) is 1. The van der Waals surface area contributed by atoms with Crippen molar-refractivity contribution in [2.75, 3.05) is 5.32 Å². The van der Waals surface area contributed by atoms with Crippen LogP contribution in [0.2, 0.25) is 0 Å². The standard InChI is InChI=1S/C25H19NO3/c27-24(17-18-9-2-1-3-10-18)26-22-15-6-7-16-23(22)29-25(28)21-14-8-12-19-11-4-5-13-20(19)21/h1-16H,17H2,(H,26,27). The molecule has 0 saturated carbocycles. The summed E-state index contributed by atoms with van der Waals surface area (Å²) in [7, 11) is 0. The van der Waals surface area contributed by atoms with Gasteiger partial charge in [-0.25, -0.2) is 4.79 Å². The van der Waals surface area contributed by atoms with Gasteiger partial charge in [0.15, 0.2) is 5.75 Å². The Morgan fingerprint density at radius 2 is 1.41 bits per heavy atom. The van der Waals surface area contributed by atoms with Gasteiger partial charge in [0, 0.05) is 0 Å². The van der Waals surface area contributed by atoms with Gasteiger partial charge in [0.2, 0.25) is 5.91 Å². The molecule has 0 aliphatic rings. The van der Waals surface area contributed by atoms with Crippen LogP contribution in [0.3, 0.4) is 0 Å². The van der Waals surface area contributed by atoms with Crippen LogP contribution in [0.15, 0.2) is 97.1 Å². The summed E-state index contributed by atoms with van der Waals surface area (Å²) in [5.74, 6) is -0.330. The highest BCUT2D eigenvalue weighted by Gasteiger charge is 2.15. The fourth-order valence-electron chi connectivity index (χ4n) is 3.19. The number of carbonyl (C=O) groups is 2. The predicted molar refractivity (Wildman–Crippen MR) is 114 cm³/mol. The molecule has 4 aromatic rings. The van der Waals surface area contributed by atoms with Gasteiger partial charge in [0.05, 0.1) is 17.7 Å². The second-order valence-electron chi connectivity index (χ2n) is 6.62. The van der Waals surface area contributed by atoms with Crippen LogP contribution >= 0.6 is 0 Å². The van der Waals surface area contributed by atoms with Crippen molar-refractivity contribution in [1.29, 1.82) is 0 Å². The Kier molecular flexibility index (Phi) is 5.34. The molecule has 142 valence electrons. The van der Waals surface area contributed by atoms with Gasteiger partial charge in [-0.05, 0) is 34.5 Å². The van der Waals surface area contributed by atoms with E-state index in [1.807, 2.05) is 66.7 Å². The van der Waals surface area contributed by atoms with Crippen LogP contribution in [0.1, 0.15) is 15.9 Å². The lowest BCUT2D eigenvalue weighted by Gasteiger charge is -2.12. The summed E-state index contributed by atoms with van der Waals surface area (Å²) in [6, 6.07) is 29.6. The molecular formula is C25H19NO3. The smallest absolute Gasteiger partial charge is 0.344 e. The van der Waals surface area contributed by atoms with Crippen LogP contribution in [0, 0.1) is 0 Å². The number of fused-ring (bicyclic) bond motifs is 1. The molecule has 1 amide bonds. The molecule has 29 heavy (non-hydrogen) atoms. The summed E-state index contributed by atoms with van der Waals surface area (Å²) < 4.78 is 5.64. The van der Waals surface area contributed by atoms with Gasteiger partial charge in [-0.15, -0.1) is 0 Å². The Labute approximate surface area is 168 Å². The number of carbonyl (C=O) groups excluding carboxylic acids is 2. The molecule has 4 nitrogen and oxygen atoms in total. The van der Waals surface area contributed by atoms with E-state index in [-0.39, 0.29) is 12.3 Å². The predicted octanol–water partition coefficient (Wildman–Crippen LogP) is 5.24. The Morgan fingerprint density at radius 1 is 0.724 bits per heavy atom. The van der Waals surface area contributed by atoms with Crippen molar-refractivity contribution in [3.05, 3.63) is 108 Å². The number of anilines is 1. The number of amides is 1. The number of hydrogen-bond acceptors (Lipinski definition) is 3. The van der Waals surface area contributed by atoms with Crippen LogP contribution < -0.4 is 10.1 Å². The largest absolute Gasteiger partial charge is 0.421 e. The van der Waals surface area contributed by atoms with Crippen LogP contribution in [0.4, 0.5) is 5.69 Å². The van der Waals surface area contributed by atoms with E-state index >= 15 is 0 Å². The van der Waals surface area contributed by atoms with E-state index in [9.17, 15) is 9.59 Å². The average molecular weight is 381 g/mol. The minimum absolute atomic E-state index is 0.176. The van der Waals surface area contributed by atoms with E-state index < -0.39 is 5.97 Å². The Hall–Kier alpha value is -3.92. The van der Waals surface area contributed by atoms with Crippen LogP contribution in [-0.2, 0) is 11.2 Å². The quantitative estimate of drug-likeness (QED) is 0.380. The van der Waals surface area contributed by atoms with E-state index in [0.29, 0.717) is 17.0 Å². The molecule has 0 heterocycles. The molecule has 4 rings (SSSR count). The summed E-state index contributed by atoms with van der Waals surface area (Å²) in [6.45, 7) is 0. The zero-order chi connectivity index (χ0) is 20.1. The molecule has 0 unspecified atom stereocenters. The molecule has 0 radical (unpaired) electrons. The fourth-order valence-corrected chi connectivity index (χ4v) is 3.19. The highest BCUT2D eigenvalue weighted by atomic mass is 16.5. The maximum Gasteiger partial charge on any atom is 0.344 e. The zero-order valence-corrected chi connectivity index (χ0v) is 15.7. The van der Waals surface area contributed by atoms with Gasteiger partial charge in [-0.2, -0.15) is 0 Å². The second kappa shape index (κ2) is 8.40. The van der Waals surface area contributed by atoms with Crippen molar-refractivity contribution < 1.29 is 14.3 Å². The first-order valence-electron chi connectivity index (χ1n) is 9.33. The van der Waals surface area contributed by atoms with Gasteiger partial charge in [0.25, 0.3) is 0 Å². The summed E-state index contributed by atoms with van der Waals surface area (Å²) in [5.41, 5.74) is 1.85. The van der Waals surface area contributed by atoms with Crippen molar-refractivity contribution in [1.82, 2.24) is 0 Å². The zero-order valence-electron chi connectivity index (χ0n) is 15.7. The van der Waals surface area contributed by atoms with E-state index in [4.69, 9.17) is 4.74 Å². The van der Waals surface area contributed by atoms with E-state index in [0.717, 1.165) is 16.3 Å². The maximum atomic E-state index is 12.8. The molecule has 0 saturated heterocycles. The van der Waals surface area contributed by atoms with E-state index in [2.05, 4.69) is 5.32 Å². The monoisotopic (exact) mass is 381 g/mol. The highest BCUT2D eigenvalue weighted by Crippen LogP contribution is 2.26. The van der Waals surface area contributed by atoms with Crippen molar-refractivity contribution >= 4 is 28.3 Å². The fraction of sp³-hybridized carbons (Fsp3) is 0.0400. The highest BCUT2D eigenvalue weighted by molar-refractivity contribution is 6.05. The minimum atomic E-state index is -0.466. The van der Waals surface area contributed by atoms with Gasteiger partial charge >= 0.3 is 5.97 Å². The number of benzene rings is 4. The van der Waals surface area contributed by atoms with Gasteiger partial charge in [-0.1, -0.05) is 78.9 Å². The molecular weight excluding hydrogens is 362 g/mol. The van der Waals surface area contributed by atoms with E-state index in [1.165, 1.54) is 0 Å². The number of rotatable bonds is 5. The maximum absolute atomic E-state index is 12.8. The molecule has 0 atom stereocenters. The minimum Gasteiger partial charge on any atom is -0.421 e. The number of hydrogen-bond donors (Lipinski definition) is 1. The Bertz CT molecular complexity index is 1160. The SMILES string of the molecule is O=C(Cc1ccccc1)Nc1ccccc1OC(=O)c1cccc2ccccc12. The van der Waals surface area contributed by atoms with Crippen LogP contribution in [-0.4, -0.2) is 11.9 Å². The molecule has 0 fully saturated rings. The number of esters is 1. The summed E-state index contributed by atoms with van der Waals surface area (Å²) in [5, 5.41) is 4.63. The van der Waals surface area contributed by atoms with Crippen LogP contribution in [0.5, 0.6) is 5.75 Å². The molecule has 0 spiro atoms. The van der Waals surface area contributed by atoms with Crippen molar-refractivity contribution in [3.8, 4) is 5.75 Å². The normalized spacial score (nSPS) is 10.5. The molecule has 0 bridgehead atoms. The van der Waals surface area contributed by atoms with Crippen molar-refractivity contribution in [2.24, 2.45) is 0 Å². The Balaban J connectivity index is 1.54. The lowest BCUT2D eigenvalue weighted by Crippen LogP contribution is -2.16. The second-order valence-corrected chi connectivity index (χ2v) is 6.62. The first-order valence-corrected chi connectivity index (χ1v) is 9.33. The first kappa shape index (κ1) is 18.4. The van der Waals surface area contributed by atoms with Crippen molar-refractivity contribution in [2.45, 2.75) is 6.42 Å². The lowest BCUT2D eigenvalue weighted by atomic mass is 10.0.